The molecule has 0 aliphatic carbocycles. The number of ketones is 1. The Morgan fingerprint density at radius 3 is 2.37 bits per heavy atom. The van der Waals surface area contributed by atoms with Gasteiger partial charge >= 0.3 is 0 Å². The molecule has 1 amide bonds. The minimum absolute atomic E-state index is 0.119. The number of rotatable bonds is 7. The molecule has 1 unspecified atom stereocenters. The normalized spacial score (nSPS) is 18.3. The summed E-state index contributed by atoms with van der Waals surface area (Å²) in [5.74, 6) is -1.27. The second-order valence-corrected chi connectivity index (χ2v) is 8.61. The zero-order valence-electron chi connectivity index (χ0n) is 17.7. The Kier molecular flexibility index (Phi) is 7.14. The zero-order valence-corrected chi connectivity index (χ0v) is 19.3. The molecule has 2 aromatic carbocycles. The molecule has 158 valence electrons. The summed E-state index contributed by atoms with van der Waals surface area (Å²) in [6.07, 6.45) is 3.74. The lowest BCUT2D eigenvalue weighted by Gasteiger charge is -2.25. The average Bonchev–Trinajstić information content (AvgIpc) is 3.00. The van der Waals surface area contributed by atoms with Gasteiger partial charge in [0.1, 0.15) is 5.76 Å². The lowest BCUT2D eigenvalue weighted by atomic mass is 9.94. The van der Waals surface area contributed by atoms with Crippen LogP contribution in [0, 0.1) is 6.92 Å². The zero-order chi connectivity index (χ0) is 21.8. The van der Waals surface area contributed by atoms with Crippen molar-refractivity contribution in [3.63, 3.8) is 0 Å². The molecule has 2 aromatic rings. The Labute approximate surface area is 186 Å². The predicted octanol–water partition coefficient (Wildman–Crippen LogP) is 5.93. The fourth-order valence-corrected chi connectivity index (χ4v) is 4.12. The largest absolute Gasteiger partial charge is 0.507 e. The molecule has 0 bridgehead atoms. The minimum Gasteiger partial charge on any atom is -0.507 e. The van der Waals surface area contributed by atoms with Crippen LogP contribution < -0.4 is 0 Å². The van der Waals surface area contributed by atoms with Crippen LogP contribution >= 0.6 is 15.9 Å². The lowest BCUT2D eigenvalue weighted by Crippen LogP contribution is -2.30. The van der Waals surface area contributed by atoms with Crippen LogP contribution in [0.2, 0.25) is 0 Å². The van der Waals surface area contributed by atoms with Crippen LogP contribution in [-0.4, -0.2) is 28.2 Å². The highest BCUT2D eigenvalue weighted by Crippen LogP contribution is 2.40. The van der Waals surface area contributed by atoms with Crippen molar-refractivity contribution in [1.82, 2.24) is 4.90 Å². The van der Waals surface area contributed by atoms with E-state index in [1.165, 1.54) is 5.56 Å². The fraction of sp³-hybridized carbons (Fsp3) is 0.360. The summed E-state index contributed by atoms with van der Waals surface area (Å²) in [5.41, 5.74) is 3.68. The van der Waals surface area contributed by atoms with Gasteiger partial charge < -0.3 is 10.0 Å². The lowest BCUT2D eigenvalue weighted by molar-refractivity contribution is -0.139. The van der Waals surface area contributed by atoms with Gasteiger partial charge in [-0.2, -0.15) is 0 Å². The van der Waals surface area contributed by atoms with Crippen molar-refractivity contribution in [2.75, 3.05) is 6.54 Å². The molecule has 1 saturated heterocycles. The first-order valence-electron chi connectivity index (χ1n) is 10.5. The van der Waals surface area contributed by atoms with Crippen molar-refractivity contribution < 1.29 is 14.7 Å². The van der Waals surface area contributed by atoms with Gasteiger partial charge in [-0.15, -0.1) is 0 Å². The number of Topliss-reactive ketones (excluding diaryl/α,β-unsaturated/α-hetero) is 1. The Morgan fingerprint density at radius 1 is 1.07 bits per heavy atom. The predicted molar refractivity (Wildman–Crippen MR) is 123 cm³/mol. The quantitative estimate of drug-likeness (QED) is 0.236. The van der Waals surface area contributed by atoms with E-state index in [9.17, 15) is 14.7 Å². The first kappa shape index (κ1) is 22.3. The number of aliphatic hydroxyl groups excluding tert-OH is 1. The number of benzene rings is 2. The Morgan fingerprint density at radius 2 is 1.77 bits per heavy atom. The number of hydrogen-bond acceptors (Lipinski definition) is 3. The summed E-state index contributed by atoms with van der Waals surface area (Å²) in [6.45, 7) is 6.60. The van der Waals surface area contributed by atoms with E-state index in [1.54, 1.807) is 11.0 Å². The Bertz CT molecular complexity index is 978. The van der Waals surface area contributed by atoms with Gasteiger partial charge in [-0.3, -0.25) is 9.59 Å². The first-order valence-corrected chi connectivity index (χ1v) is 11.3. The Balaban J connectivity index is 2.12. The number of halogens is 1. The van der Waals surface area contributed by atoms with Gasteiger partial charge in [-0.1, -0.05) is 73.0 Å². The van der Waals surface area contributed by atoms with Gasteiger partial charge in [-0.25, -0.2) is 0 Å². The maximum absolute atomic E-state index is 13.0. The molecule has 0 radical (unpaired) electrons. The van der Waals surface area contributed by atoms with Crippen LogP contribution in [0.1, 0.15) is 61.4 Å². The fourth-order valence-electron chi connectivity index (χ4n) is 3.87. The Hall–Kier alpha value is -2.40. The van der Waals surface area contributed by atoms with E-state index in [1.807, 2.05) is 43.3 Å². The summed E-state index contributed by atoms with van der Waals surface area (Å²) in [5, 5.41) is 11.1. The highest BCUT2D eigenvalue weighted by molar-refractivity contribution is 9.10. The minimum atomic E-state index is -0.617. The topological polar surface area (TPSA) is 57.6 Å². The van der Waals surface area contributed by atoms with E-state index in [2.05, 4.69) is 29.8 Å². The number of unbranched alkanes of at least 4 members (excludes halogenated alkanes) is 2. The van der Waals surface area contributed by atoms with E-state index in [4.69, 9.17) is 0 Å². The van der Waals surface area contributed by atoms with Gasteiger partial charge in [0.15, 0.2) is 0 Å². The number of carbonyl (C=O) groups excluding carboxylic acids is 2. The van der Waals surface area contributed by atoms with Crippen molar-refractivity contribution in [2.45, 2.75) is 52.5 Å². The maximum atomic E-state index is 13.0. The second kappa shape index (κ2) is 9.61. The van der Waals surface area contributed by atoms with E-state index in [0.29, 0.717) is 12.1 Å². The third-order valence-electron chi connectivity index (χ3n) is 5.68. The number of aliphatic hydroxyl groups is 1. The monoisotopic (exact) mass is 469 g/mol. The molecule has 0 spiro atoms. The maximum Gasteiger partial charge on any atom is 0.295 e. The van der Waals surface area contributed by atoms with E-state index < -0.39 is 17.7 Å². The van der Waals surface area contributed by atoms with Crippen LogP contribution in [0.15, 0.2) is 52.5 Å². The molecule has 1 N–H and O–H groups in total. The summed E-state index contributed by atoms with van der Waals surface area (Å²) in [6, 6.07) is 12.8. The molecule has 1 aliphatic rings. The molecule has 0 aromatic heterocycles. The van der Waals surface area contributed by atoms with Crippen LogP contribution in [0.5, 0.6) is 0 Å². The highest BCUT2D eigenvalue weighted by atomic mass is 79.9. The van der Waals surface area contributed by atoms with Crippen LogP contribution in [0.3, 0.4) is 0 Å². The van der Waals surface area contributed by atoms with Gasteiger partial charge in [0.05, 0.1) is 11.6 Å². The number of amides is 1. The summed E-state index contributed by atoms with van der Waals surface area (Å²) in [4.78, 5) is 27.5. The molecular formula is C25H28BrNO3. The smallest absolute Gasteiger partial charge is 0.295 e. The molecule has 0 saturated carbocycles. The van der Waals surface area contributed by atoms with Crippen molar-refractivity contribution >= 4 is 33.4 Å². The molecule has 1 aliphatic heterocycles. The molecule has 1 fully saturated rings. The molecule has 5 heteroatoms. The molecule has 4 nitrogen and oxygen atoms in total. The van der Waals surface area contributed by atoms with Crippen LogP contribution in [-0.2, 0) is 16.0 Å². The van der Waals surface area contributed by atoms with Gasteiger partial charge in [0, 0.05) is 16.6 Å². The molecule has 1 heterocycles. The number of hydrogen-bond donors (Lipinski definition) is 1. The molecule has 3 rings (SSSR count). The molecular weight excluding hydrogens is 442 g/mol. The molecule has 1 atom stereocenters. The van der Waals surface area contributed by atoms with Crippen molar-refractivity contribution in [3.8, 4) is 0 Å². The number of aryl methyl sites for hydroxylation is 2. The standard InChI is InChI=1S/C25H28BrNO3/c1-4-6-7-14-27-22(18-10-8-17(5-2)9-11-18)21(24(29)25(27)30)23(28)19-12-13-20(26)16(3)15-19/h8-13,15,22,28H,4-7,14H2,1-3H3/b23-21-. The van der Waals surface area contributed by atoms with Gasteiger partial charge in [0.2, 0.25) is 0 Å². The van der Waals surface area contributed by atoms with E-state index >= 15 is 0 Å². The summed E-state index contributed by atoms with van der Waals surface area (Å²) < 4.78 is 0.922. The van der Waals surface area contributed by atoms with Crippen molar-refractivity contribution in [1.29, 1.82) is 0 Å². The molecule has 30 heavy (non-hydrogen) atoms. The first-order chi connectivity index (χ1) is 14.4. The number of likely N-dealkylation sites (tertiary alicyclic amines) is 1. The van der Waals surface area contributed by atoms with Gasteiger partial charge in [-0.05, 0) is 48.6 Å². The number of carbonyl (C=O) groups is 2. The SMILES string of the molecule is CCCCCN1C(=O)C(=O)/C(=C(\O)c2ccc(Br)c(C)c2)C1c1ccc(CC)cc1. The third-order valence-corrected chi connectivity index (χ3v) is 6.57. The van der Waals surface area contributed by atoms with Crippen LogP contribution in [0.4, 0.5) is 0 Å². The van der Waals surface area contributed by atoms with Crippen molar-refractivity contribution in [2.24, 2.45) is 0 Å². The average molecular weight is 470 g/mol. The van der Waals surface area contributed by atoms with E-state index in [0.717, 1.165) is 41.3 Å². The summed E-state index contributed by atoms with van der Waals surface area (Å²) >= 11 is 3.46. The highest BCUT2D eigenvalue weighted by Gasteiger charge is 2.45. The van der Waals surface area contributed by atoms with Gasteiger partial charge in [0.25, 0.3) is 11.7 Å². The van der Waals surface area contributed by atoms with Crippen LogP contribution in [0.25, 0.3) is 5.76 Å². The number of nitrogens with zero attached hydrogens (tertiary/aromatic N) is 1. The van der Waals surface area contributed by atoms with Crippen molar-refractivity contribution in [3.05, 3.63) is 74.8 Å². The third kappa shape index (κ3) is 4.36. The second-order valence-electron chi connectivity index (χ2n) is 7.76. The summed E-state index contributed by atoms with van der Waals surface area (Å²) in [7, 11) is 0. The van der Waals surface area contributed by atoms with E-state index in [-0.39, 0.29) is 11.3 Å².